The molecule has 0 radical (unpaired) electrons. The summed E-state index contributed by atoms with van der Waals surface area (Å²) >= 11 is 30.5. The van der Waals surface area contributed by atoms with Gasteiger partial charge in [-0.3, -0.25) is 13.9 Å². The maximum absolute atomic E-state index is 13.6. The van der Waals surface area contributed by atoms with Crippen LogP contribution < -0.4 is 9.62 Å². The van der Waals surface area contributed by atoms with Crippen molar-refractivity contribution < 1.29 is 18.0 Å². The van der Waals surface area contributed by atoms with Gasteiger partial charge in [-0.2, -0.15) is 0 Å². The van der Waals surface area contributed by atoms with Crippen LogP contribution in [0, 0.1) is 0 Å². The summed E-state index contributed by atoms with van der Waals surface area (Å²) in [4.78, 5) is 27.8. The molecule has 0 aliphatic carbocycles. The fourth-order valence-electron chi connectivity index (χ4n) is 3.18. The first-order chi connectivity index (χ1) is 16.6. The number of halogens is 5. The van der Waals surface area contributed by atoms with E-state index in [9.17, 15) is 18.0 Å². The molecule has 1 N–H and O–H groups in total. The van der Waals surface area contributed by atoms with Gasteiger partial charge in [0.15, 0.2) is 0 Å². The molecule has 0 saturated carbocycles. The number of carbonyl (C=O) groups is 2. The van der Waals surface area contributed by atoms with E-state index < -0.39 is 34.4 Å². The fraction of sp³-hybridized carbons (Fsp3) is 0.391. The van der Waals surface area contributed by atoms with Gasteiger partial charge in [-0.1, -0.05) is 71.0 Å². The largest absolute Gasteiger partial charge is 0.352 e. The van der Waals surface area contributed by atoms with E-state index in [1.54, 1.807) is 25.1 Å². The quantitative estimate of drug-likeness (QED) is 0.329. The number of anilines is 1. The summed E-state index contributed by atoms with van der Waals surface area (Å²) in [6.45, 7) is 4.65. The minimum atomic E-state index is -3.99. The molecule has 0 heterocycles. The second-order valence-corrected chi connectivity index (χ2v) is 12.2. The monoisotopic (exact) mass is 615 g/mol. The van der Waals surface area contributed by atoms with Crippen molar-refractivity contribution in [1.82, 2.24) is 10.2 Å². The van der Waals surface area contributed by atoms with Crippen LogP contribution in [0.4, 0.5) is 5.69 Å². The molecular weight excluding hydrogens is 592 g/mol. The van der Waals surface area contributed by atoms with Crippen molar-refractivity contribution in [2.75, 3.05) is 17.1 Å². The Hall–Kier alpha value is -1.42. The van der Waals surface area contributed by atoms with E-state index in [-0.39, 0.29) is 38.4 Å². The van der Waals surface area contributed by atoms with Crippen LogP contribution in [0.3, 0.4) is 0 Å². The molecule has 0 aromatic heterocycles. The molecule has 13 heteroatoms. The van der Waals surface area contributed by atoms with Crippen molar-refractivity contribution in [2.45, 2.75) is 45.8 Å². The van der Waals surface area contributed by atoms with Crippen molar-refractivity contribution in [3.8, 4) is 0 Å². The molecule has 2 aromatic carbocycles. The lowest BCUT2D eigenvalue weighted by Gasteiger charge is -2.32. The lowest BCUT2D eigenvalue weighted by Crippen LogP contribution is -2.52. The van der Waals surface area contributed by atoms with Gasteiger partial charge < -0.3 is 10.2 Å². The van der Waals surface area contributed by atoms with E-state index in [2.05, 4.69) is 5.32 Å². The molecule has 7 nitrogen and oxygen atoms in total. The second kappa shape index (κ2) is 12.9. The normalized spacial score (nSPS) is 13.1. The van der Waals surface area contributed by atoms with Crippen molar-refractivity contribution >= 4 is 85.5 Å². The van der Waals surface area contributed by atoms with Crippen molar-refractivity contribution in [1.29, 1.82) is 0 Å². The number of hydrogen-bond donors (Lipinski definition) is 1. The minimum Gasteiger partial charge on any atom is -0.352 e. The third kappa shape index (κ3) is 8.04. The summed E-state index contributed by atoms with van der Waals surface area (Å²) < 4.78 is 26.2. The first-order valence-corrected chi connectivity index (χ1v) is 14.6. The molecule has 0 aliphatic rings. The number of sulfonamides is 1. The van der Waals surface area contributed by atoms with Crippen LogP contribution in [0.5, 0.6) is 0 Å². The van der Waals surface area contributed by atoms with Gasteiger partial charge in [-0.15, -0.1) is 0 Å². The Kier molecular flexibility index (Phi) is 11.0. The Balaban J connectivity index is 2.48. The predicted octanol–water partition coefficient (Wildman–Crippen LogP) is 6.05. The van der Waals surface area contributed by atoms with Crippen molar-refractivity contribution in [3.05, 3.63) is 61.0 Å². The Morgan fingerprint density at radius 2 is 1.50 bits per heavy atom. The van der Waals surface area contributed by atoms with Crippen LogP contribution in [0.25, 0.3) is 0 Å². The molecule has 36 heavy (non-hydrogen) atoms. The highest BCUT2D eigenvalue weighted by Gasteiger charge is 2.31. The maximum atomic E-state index is 13.6. The molecule has 2 amide bonds. The highest BCUT2D eigenvalue weighted by molar-refractivity contribution is 7.92. The summed E-state index contributed by atoms with van der Waals surface area (Å²) in [5, 5.41) is 3.63. The molecule has 2 atom stereocenters. The highest BCUT2D eigenvalue weighted by Crippen LogP contribution is 2.35. The van der Waals surface area contributed by atoms with E-state index in [1.807, 2.05) is 13.8 Å². The minimum absolute atomic E-state index is 0.0128. The van der Waals surface area contributed by atoms with E-state index in [0.29, 0.717) is 17.0 Å². The average Bonchev–Trinajstić information content (AvgIpc) is 2.79. The zero-order valence-electron chi connectivity index (χ0n) is 20.0. The van der Waals surface area contributed by atoms with Gasteiger partial charge in [0.05, 0.1) is 37.1 Å². The van der Waals surface area contributed by atoms with Crippen LogP contribution in [0.1, 0.15) is 32.8 Å². The van der Waals surface area contributed by atoms with Gasteiger partial charge in [0.1, 0.15) is 12.6 Å². The number of amides is 2. The van der Waals surface area contributed by atoms with Crippen LogP contribution in [0.15, 0.2) is 30.3 Å². The van der Waals surface area contributed by atoms with Gasteiger partial charge in [0.25, 0.3) is 0 Å². The van der Waals surface area contributed by atoms with Crippen LogP contribution in [0.2, 0.25) is 25.1 Å². The first kappa shape index (κ1) is 30.8. The fourth-order valence-corrected chi connectivity index (χ4v) is 5.05. The molecule has 2 rings (SSSR count). The first-order valence-electron chi connectivity index (χ1n) is 10.8. The van der Waals surface area contributed by atoms with E-state index >= 15 is 0 Å². The zero-order valence-corrected chi connectivity index (χ0v) is 24.6. The second-order valence-electron chi connectivity index (χ2n) is 8.25. The van der Waals surface area contributed by atoms with E-state index in [0.717, 1.165) is 10.6 Å². The molecule has 0 aliphatic heterocycles. The predicted molar refractivity (Wildman–Crippen MR) is 148 cm³/mol. The van der Waals surface area contributed by atoms with Gasteiger partial charge in [0, 0.05) is 12.6 Å². The standard InChI is InChI=1S/C23H26Cl5N3O4S/c1-5-13(2)29-23(33)14(3)30(11-15-6-7-16(24)17(25)8-15)22(32)12-31(36(4,34)35)21-10-19(27)18(26)9-20(21)28/h6-10,13-14H,5,11-12H2,1-4H3,(H,29,33)/t13-,14-/m1/s1. The van der Waals surface area contributed by atoms with Crippen molar-refractivity contribution in [2.24, 2.45) is 0 Å². The van der Waals surface area contributed by atoms with Gasteiger partial charge in [0.2, 0.25) is 21.8 Å². The van der Waals surface area contributed by atoms with Gasteiger partial charge in [-0.05, 0) is 50.1 Å². The zero-order chi connectivity index (χ0) is 27.4. The Morgan fingerprint density at radius 1 is 0.917 bits per heavy atom. The maximum Gasteiger partial charge on any atom is 0.244 e. The van der Waals surface area contributed by atoms with Gasteiger partial charge >= 0.3 is 0 Å². The molecule has 0 fully saturated rings. The third-order valence-electron chi connectivity index (χ3n) is 5.44. The Bertz CT molecular complexity index is 1240. The molecular formula is C23H26Cl5N3O4S. The smallest absolute Gasteiger partial charge is 0.244 e. The molecule has 2 aromatic rings. The molecule has 198 valence electrons. The van der Waals surface area contributed by atoms with Gasteiger partial charge in [-0.25, -0.2) is 8.42 Å². The average molecular weight is 618 g/mol. The van der Waals surface area contributed by atoms with E-state index in [4.69, 9.17) is 58.0 Å². The topological polar surface area (TPSA) is 86.8 Å². The number of benzene rings is 2. The van der Waals surface area contributed by atoms with Crippen LogP contribution >= 0.6 is 58.0 Å². The summed E-state index contributed by atoms with van der Waals surface area (Å²) in [6.07, 6.45) is 1.62. The molecule has 0 bridgehead atoms. The number of hydrogen-bond acceptors (Lipinski definition) is 4. The number of rotatable bonds is 10. The number of nitrogens with one attached hydrogen (secondary N) is 1. The summed E-state index contributed by atoms with van der Waals surface area (Å²) in [7, 11) is -3.99. The molecule has 0 unspecified atom stereocenters. The molecule has 0 saturated heterocycles. The van der Waals surface area contributed by atoms with Crippen LogP contribution in [-0.4, -0.2) is 50.0 Å². The Morgan fingerprint density at radius 3 is 2.06 bits per heavy atom. The summed E-state index contributed by atoms with van der Waals surface area (Å²) in [5.74, 6) is -1.04. The lowest BCUT2D eigenvalue weighted by atomic mass is 10.1. The third-order valence-corrected chi connectivity index (χ3v) is 8.33. The molecule has 0 spiro atoms. The lowest BCUT2D eigenvalue weighted by molar-refractivity contribution is -0.139. The number of carbonyl (C=O) groups excluding carboxylic acids is 2. The van der Waals surface area contributed by atoms with Crippen molar-refractivity contribution in [3.63, 3.8) is 0 Å². The van der Waals surface area contributed by atoms with Crippen LogP contribution in [-0.2, 0) is 26.2 Å². The number of nitrogens with zero attached hydrogens (tertiary/aromatic N) is 2. The van der Waals surface area contributed by atoms with E-state index in [1.165, 1.54) is 17.0 Å². The highest BCUT2D eigenvalue weighted by atomic mass is 35.5. The Labute approximate surface area is 236 Å². The SMILES string of the molecule is CC[C@@H](C)NC(=O)[C@@H](C)N(Cc1ccc(Cl)c(Cl)c1)C(=O)CN(c1cc(Cl)c(Cl)cc1Cl)S(C)(=O)=O. The summed E-state index contributed by atoms with van der Waals surface area (Å²) in [5.41, 5.74) is 0.576. The summed E-state index contributed by atoms with van der Waals surface area (Å²) in [6, 6.07) is 6.31.